The molecule has 3 amide bonds. The Bertz CT molecular complexity index is 934. The van der Waals surface area contributed by atoms with E-state index in [1.165, 1.54) is 29.2 Å². The number of rotatable bonds is 4. The molecule has 0 radical (unpaired) electrons. The van der Waals surface area contributed by atoms with Crippen LogP contribution < -0.4 is 10.6 Å². The first-order chi connectivity index (χ1) is 14.1. The summed E-state index contributed by atoms with van der Waals surface area (Å²) in [7, 11) is 0. The molecular weight excluding hydrogens is 385 g/mol. The van der Waals surface area contributed by atoms with E-state index in [1.807, 2.05) is 12.1 Å². The SMILES string of the molecule is CC(C)(C)c1ccc(C(=O)N2CCNC(=O)[C@@H]2CC(=O)Nc2ccc(F)cc2)cc1. The second kappa shape index (κ2) is 8.65. The van der Waals surface area contributed by atoms with Gasteiger partial charge in [-0.25, -0.2) is 4.39 Å². The highest BCUT2D eigenvalue weighted by molar-refractivity contribution is 6.01. The minimum Gasteiger partial charge on any atom is -0.353 e. The number of nitrogens with one attached hydrogen (secondary N) is 2. The van der Waals surface area contributed by atoms with E-state index in [9.17, 15) is 18.8 Å². The van der Waals surface area contributed by atoms with Gasteiger partial charge in [-0.05, 0) is 47.4 Å². The minimum absolute atomic E-state index is 0.0342. The quantitative estimate of drug-likeness (QED) is 0.812. The van der Waals surface area contributed by atoms with Crippen molar-refractivity contribution in [2.24, 2.45) is 0 Å². The average Bonchev–Trinajstić information content (AvgIpc) is 2.70. The minimum atomic E-state index is -0.908. The smallest absolute Gasteiger partial charge is 0.254 e. The van der Waals surface area contributed by atoms with Crippen LogP contribution in [0.25, 0.3) is 0 Å². The Morgan fingerprint density at radius 3 is 2.33 bits per heavy atom. The van der Waals surface area contributed by atoms with E-state index >= 15 is 0 Å². The van der Waals surface area contributed by atoms with Crippen LogP contribution in [-0.4, -0.2) is 41.8 Å². The largest absolute Gasteiger partial charge is 0.353 e. The number of piperazine rings is 1. The lowest BCUT2D eigenvalue weighted by Gasteiger charge is -2.35. The summed E-state index contributed by atoms with van der Waals surface area (Å²) in [5.41, 5.74) is 1.97. The summed E-state index contributed by atoms with van der Waals surface area (Å²) >= 11 is 0. The van der Waals surface area contributed by atoms with Gasteiger partial charge in [0.15, 0.2) is 0 Å². The van der Waals surface area contributed by atoms with Crippen LogP contribution in [0.2, 0.25) is 0 Å². The Morgan fingerprint density at radius 2 is 1.73 bits per heavy atom. The van der Waals surface area contributed by atoms with E-state index in [0.29, 0.717) is 24.3 Å². The molecule has 1 aliphatic heterocycles. The first kappa shape index (κ1) is 21.5. The first-order valence-corrected chi connectivity index (χ1v) is 9.90. The van der Waals surface area contributed by atoms with Crippen molar-refractivity contribution in [3.8, 4) is 0 Å². The summed E-state index contributed by atoms with van der Waals surface area (Å²) in [6, 6.07) is 11.8. The van der Waals surface area contributed by atoms with E-state index in [2.05, 4.69) is 31.4 Å². The first-order valence-electron chi connectivity index (χ1n) is 9.90. The third-order valence-corrected chi connectivity index (χ3v) is 5.10. The van der Waals surface area contributed by atoms with Crippen molar-refractivity contribution >= 4 is 23.4 Å². The number of benzene rings is 2. The van der Waals surface area contributed by atoms with Gasteiger partial charge in [-0.3, -0.25) is 14.4 Å². The maximum absolute atomic E-state index is 13.1. The van der Waals surface area contributed by atoms with Crippen molar-refractivity contribution in [2.45, 2.75) is 38.6 Å². The van der Waals surface area contributed by atoms with Crippen molar-refractivity contribution in [3.63, 3.8) is 0 Å². The lowest BCUT2D eigenvalue weighted by Crippen LogP contribution is -2.58. The normalized spacial score (nSPS) is 16.7. The zero-order valence-corrected chi connectivity index (χ0v) is 17.4. The summed E-state index contributed by atoms with van der Waals surface area (Å²) in [5.74, 6) is -1.49. The second-order valence-electron chi connectivity index (χ2n) is 8.39. The predicted octanol–water partition coefficient (Wildman–Crippen LogP) is 3.09. The van der Waals surface area contributed by atoms with Crippen LogP contribution >= 0.6 is 0 Å². The topological polar surface area (TPSA) is 78.5 Å². The number of halogens is 1. The van der Waals surface area contributed by atoms with Gasteiger partial charge >= 0.3 is 0 Å². The van der Waals surface area contributed by atoms with Gasteiger partial charge in [0.25, 0.3) is 5.91 Å². The van der Waals surface area contributed by atoms with E-state index in [1.54, 1.807) is 12.1 Å². The molecule has 0 aromatic heterocycles. The fourth-order valence-corrected chi connectivity index (χ4v) is 3.36. The van der Waals surface area contributed by atoms with E-state index in [-0.39, 0.29) is 23.7 Å². The molecule has 0 unspecified atom stereocenters. The molecule has 1 fully saturated rings. The molecule has 7 heteroatoms. The molecule has 0 aliphatic carbocycles. The molecule has 2 N–H and O–H groups in total. The van der Waals surface area contributed by atoms with Crippen LogP contribution in [0, 0.1) is 5.82 Å². The number of amides is 3. The van der Waals surface area contributed by atoms with Crippen LogP contribution in [0.15, 0.2) is 48.5 Å². The second-order valence-corrected chi connectivity index (χ2v) is 8.39. The van der Waals surface area contributed by atoms with Gasteiger partial charge in [-0.2, -0.15) is 0 Å². The molecule has 1 saturated heterocycles. The van der Waals surface area contributed by atoms with Crippen LogP contribution in [0.3, 0.4) is 0 Å². The van der Waals surface area contributed by atoms with Crippen molar-refractivity contribution in [1.82, 2.24) is 10.2 Å². The number of carbonyl (C=O) groups excluding carboxylic acids is 3. The summed E-state index contributed by atoms with van der Waals surface area (Å²) < 4.78 is 13.0. The molecule has 6 nitrogen and oxygen atoms in total. The summed E-state index contributed by atoms with van der Waals surface area (Å²) in [5, 5.41) is 5.35. The summed E-state index contributed by atoms with van der Waals surface area (Å²) in [6.07, 6.45) is -0.185. The van der Waals surface area contributed by atoms with Crippen LogP contribution in [0.1, 0.15) is 43.1 Å². The number of anilines is 1. The Kier molecular flexibility index (Phi) is 6.20. The number of hydrogen-bond acceptors (Lipinski definition) is 3. The van der Waals surface area contributed by atoms with Crippen LogP contribution in [-0.2, 0) is 15.0 Å². The van der Waals surface area contributed by atoms with Gasteiger partial charge in [-0.1, -0.05) is 32.9 Å². The molecule has 2 aromatic rings. The maximum Gasteiger partial charge on any atom is 0.254 e. The molecule has 0 bridgehead atoms. The third kappa shape index (κ3) is 5.03. The van der Waals surface area contributed by atoms with Crippen molar-refractivity contribution in [3.05, 3.63) is 65.5 Å². The maximum atomic E-state index is 13.1. The predicted molar refractivity (Wildman–Crippen MR) is 113 cm³/mol. The number of hydrogen-bond donors (Lipinski definition) is 2. The molecule has 0 saturated carbocycles. The lowest BCUT2D eigenvalue weighted by molar-refractivity contribution is -0.131. The van der Waals surface area contributed by atoms with Gasteiger partial charge in [0.2, 0.25) is 11.8 Å². The fraction of sp³-hybridized carbons (Fsp3) is 0.348. The standard InChI is InChI=1S/C23H26FN3O3/c1-23(2,3)16-6-4-15(5-7-16)22(30)27-13-12-25-21(29)19(27)14-20(28)26-18-10-8-17(24)9-11-18/h4-11,19H,12-14H2,1-3H3,(H,25,29)(H,26,28)/t19-/m0/s1. The fourth-order valence-electron chi connectivity index (χ4n) is 3.36. The summed E-state index contributed by atoms with van der Waals surface area (Å²) in [6.45, 7) is 6.93. The third-order valence-electron chi connectivity index (χ3n) is 5.10. The van der Waals surface area contributed by atoms with Gasteiger partial charge < -0.3 is 15.5 Å². The highest BCUT2D eigenvalue weighted by Crippen LogP contribution is 2.23. The molecule has 30 heavy (non-hydrogen) atoms. The Morgan fingerprint density at radius 1 is 1.10 bits per heavy atom. The van der Waals surface area contributed by atoms with Crippen molar-refractivity contribution in [1.29, 1.82) is 0 Å². The Balaban J connectivity index is 1.73. The molecule has 158 valence electrons. The van der Waals surface area contributed by atoms with Crippen LogP contribution in [0.5, 0.6) is 0 Å². The summed E-state index contributed by atoms with van der Waals surface area (Å²) in [4.78, 5) is 39.4. The van der Waals surface area contributed by atoms with Crippen LogP contribution in [0.4, 0.5) is 10.1 Å². The number of nitrogens with zero attached hydrogens (tertiary/aromatic N) is 1. The molecule has 3 rings (SSSR count). The molecular formula is C23H26FN3O3. The highest BCUT2D eigenvalue weighted by atomic mass is 19.1. The van der Waals surface area contributed by atoms with Crippen molar-refractivity contribution in [2.75, 3.05) is 18.4 Å². The van der Waals surface area contributed by atoms with E-state index < -0.39 is 17.8 Å². The molecule has 0 spiro atoms. The molecule has 1 heterocycles. The molecule has 1 atom stereocenters. The Labute approximate surface area is 175 Å². The highest BCUT2D eigenvalue weighted by Gasteiger charge is 2.35. The number of carbonyl (C=O) groups is 3. The monoisotopic (exact) mass is 411 g/mol. The zero-order valence-electron chi connectivity index (χ0n) is 17.4. The van der Waals surface area contributed by atoms with Gasteiger partial charge in [0.05, 0.1) is 6.42 Å². The molecule has 1 aliphatic rings. The molecule has 2 aromatic carbocycles. The van der Waals surface area contributed by atoms with Gasteiger partial charge in [-0.15, -0.1) is 0 Å². The van der Waals surface area contributed by atoms with Gasteiger partial charge in [0.1, 0.15) is 11.9 Å². The lowest BCUT2D eigenvalue weighted by atomic mass is 9.86. The van der Waals surface area contributed by atoms with E-state index in [4.69, 9.17) is 0 Å². The Hall–Kier alpha value is -3.22. The van der Waals surface area contributed by atoms with E-state index in [0.717, 1.165) is 5.56 Å². The van der Waals surface area contributed by atoms with Gasteiger partial charge in [0, 0.05) is 24.3 Å². The zero-order chi connectivity index (χ0) is 21.9. The average molecular weight is 411 g/mol. The van der Waals surface area contributed by atoms with Crippen molar-refractivity contribution < 1.29 is 18.8 Å².